The summed E-state index contributed by atoms with van der Waals surface area (Å²) in [6.07, 6.45) is 1.17. The van der Waals surface area contributed by atoms with Gasteiger partial charge in [0.2, 0.25) is 0 Å². The van der Waals surface area contributed by atoms with Crippen LogP contribution in [0.5, 0.6) is 0 Å². The minimum absolute atomic E-state index is 0.231. The van der Waals surface area contributed by atoms with Gasteiger partial charge in [0, 0.05) is 10.1 Å². The second kappa shape index (κ2) is 5.24. The van der Waals surface area contributed by atoms with Crippen molar-refractivity contribution in [2.45, 2.75) is 22.3 Å². The van der Waals surface area contributed by atoms with E-state index in [1.165, 1.54) is 16.9 Å². The van der Waals surface area contributed by atoms with Crippen molar-refractivity contribution in [3.05, 3.63) is 46.1 Å². The van der Waals surface area contributed by atoms with Gasteiger partial charge in [0.25, 0.3) is 0 Å². The van der Waals surface area contributed by atoms with Crippen LogP contribution in [0.1, 0.15) is 23.1 Å². The van der Waals surface area contributed by atoms with Gasteiger partial charge < -0.3 is 0 Å². The second-order valence-electron chi connectivity index (χ2n) is 4.10. The van der Waals surface area contributed by atoms with Crippen LogP contribution in [0.15, 0.2) is 34.0 Å². The molecular formula is C12H13N3OS2. The molecule has 0 amide bonds. The van der Waals surface area contributed by atoms with Gasteiger partial charge in [0.15, 0.2) is 0 Å². The maximum absolute atomic E-state index is 11.0. The van der Waals surface area contributed by atoms with Gasteiger partial charge in [-0.3, -0.25) is 4.98 Å². The van der Waals surface area contributed by atoms with E-state index >= 15 is 0 Å². The zero-order chi connectivity index (χ0) is 12.4. The van der Waals surface area contributed by atoms with Gasteiger partial charge in [-0.1, -0.05) is 18.2 Å². The molecule has 1 atom stereocenters. The first-order chi connectivity index (χ1) is 8.83. The summed E-state index contributed by atoms with van der Waals surface area (Å²) in [4.78, 5) is 15.0. The molecule has 1 aliphatic heterocycles. The fraction of sp³-hybridized carbons (Fsp3) is 0.333. The summed E-state index contributed by atoms with van der Waals surface area (Å²) >= 11 is 3.77. The van der Waals surface area contributed by atoms with Gasteiger partial charge in [-0.25, -0.2) is 9.89 Å². The highest BCUT2D eigenvalue weighted by Crippen LogP contribution is 2.43. The molecular weight excluding hydrogens is 266 g/mol. The van der Waals surface area contributed by atoms with Gasteiger partial charge in [-0.05, 0) is 23.8 Å². The Morgan fingerprint density at radius 3 is 3.17 bits per heavy atom. The van der Waals surface area contributed by atoms with Crippen molar-refractivity contribution in [3.63, 3.8) is 0 Å². The van der Waals surface area contributed by atoms with Crippen LogP contribution in [0.2, 0.25) is 0 Å². The van der Waals surface area contributed by atoms with E-state index in [9.17, 15) is 4.79 Å². The van der Waals surface area contributed by atoms with Crippen molar-refractivity contribution >= 4 is 23.5 Å². The van der Waals surface area contributed by atoms with Crippen LogP contribution in [0.4, 0.5) is 0 Å². The van der Waals surface area contributed by atoms with Crippen molar-refractivity contribution in [2.75, 3.05) is 5.75 Å². The molecule has 0 saturated heterocycles. The van der Waals surface area contributed by atoms with Gasteiger partial charge >= 0.3 is 5.69 Å². The lowest BCUT2D eigenvalue weighted by Gasteiger charge is -2.24. The molecule has 1 unspecified atom stereocenters. The zero-order valence-corrected chi connectivity index (χ0v) is 11.3. The molecule has 1 aliphatic rings. The molecule has 18 heavy (non-hydrogen) atoms. The summed E-state index contributed by atoms with van der Waals surface area (Å²) in [7, 11) is 0. The molecule has 3 rings (SSSR count). The molecule has 0 saturated carbocycles. The second-order valence-corrected chi connectivity index (χ2v) is 6.43. The number of thioether (sulfide) groups is 2. The lowest BCUT2D eigenvalue weighted by molar-refractivity contribution is 0.862. The molecule has 2 heterocycles. The maximum atomic E-state index is 11.0. The first kappa shape index (κ1) is 11.9. The molecule has 94 valence electrons. The summed E-state index contributed by atoms with van der Waals surface area (Å²) in [5, 5.41) is 6.84. The minimum atomic E-state index is -0.231. The Hall–Kier alpha value is -1.14. The third-order valence-corrected chi connectivity index (χ3v) is 5.33. The smallest absolute Gasteiger partial charge is 0.292 e. The molecule has 6 heteroatoms. The third kappa shape index (κ3) is 2.49. The van der Waals surface area contributed by atoms with Gasteiger partial charge in [-0.15, -0.1) is 23.5 Å². The lowest BCUT2D eigenvalue weighted by atomic mass is 10.1. The molecule has 1 aromatic heterocycles. The van der Waals surface area contributed by atoms with Crippen molar-refractivity contribution in [2.24, 2.45) is 0 Å². The molecule has 2 N–H and O–H groups in total. The molecule has 0 fully saturated rings. The Morgan fingerprint density at radius 1 is 1.44 bits per heavy atom. The van der Waals surface area contributed by atoms with E-state index < -0.39 is 0 Å². The third-order valence-electron chi connectivity index (χ3n) is 2.87. The average Bonchev–Trinajstić information content (AvgIpc) is 2.82. The fourth-order valence-corrected chi connectivity index (χ4v) is 4.55. The first-order valence-corrected chi connectivity index (χ1v) is 7.83. The Morgan fingerprint density at radius 2 is 2.33 bits per heavy atom. The quantitative estimate of drug-likeness (QED) is 0.906. The van der Waals surface area contributed by atoms with E-state index in [-0.39, 0.29) is 5.69 Å². The Kier molecular flexibility index (Phi) is 3.47. The summed E-state index contributed by atoms with van der Waals surface area (Å²) < 4.78 is 0. The first-order valence-electron chi connectivity index (χ1n) is 5.80. The molecule has 4 nitrogen and oxygen atoms in total. The fourth-order valence-electron chi connectivity index (χ4n) is 2.04. The average molecular weight is 279 g/mol. The number of rotatable bonds is 3. The lowest BCUT2D eigenvalue weighted by Crippen LogP contribution is -2.05. The van der Waals surface area contributed by atoms with Gasteiger partial charge in [-0.2, -0.15) is 5.10 Å². The number of nitrogens with zero attached hydrogens (tertiary/aromatic N) is 1. The SMILES string of the molecule is O=c1[nH]nc(CSC2CCSc3ccccc32)[nH]1. The molecule has 0 bridgehead atoms. The minimum Gasteiger partial charge on any atom is -0.292 e. The number of hydrogen-bond donors (Lipinski definition) is 2. The standard InChI is InChI=1S/C12H13N3OS2/c16-12-13-11(14-15-12)7-18-10-5-6-17-9-4-2-1-3-8(9)10/h1-4,10H,5-7H2,(H2,13,14,15,16). The molecule has 0 spiro atoms. The van der Waals surface area contributed by atoms with Crippen LogP contribution in [-0.2, 0) is 5.75 Å². The monoisotopic (exact) mass is 279 g/mol. The molecule has 0 radical (unpaired) electrons. The zero-order valence-electron chi connectivity index (χ0n) is 9.68. The number of H-pyrrole nitrogens is 2. The van der Waals surface area contributed by atoms with E-state index in [0.717, 1.165) is 17.3 Å². The summed E-state index contributed by atoms with van der Waals surface area (Å²) in [6.45, 7) is 0. The van der Waals surface area contributed by atoms with E-state index in [1.807, 2.05) is 23.5 Å². The van der Waals surface area contributed by atoms with Crippen LogP contribution >= 0.6 is 23.5 Å². The van der Waals surface area contributed by atoms with Crippen molar-refractivity contribution in [3.8, 4) is 0 Å². The number of benzene rings is 1. The highest BCUT2D eigenvalue weighted by Gasteiger charge is 2.20. The number of aromatic amines is 2. The van der Waals surface area contributed by atoms with Gasteiger partial charge in [0.05, 0.1) is 5.75 Å². The molecule has 1 aromatic carbocycles. The Balaban J connectivity index is 1.72. The normalized spacial score (nSPS) is 18.6. The van der Waals surface area contributed by atoms with E-state index in [1.54, 1.807) is 0 Å². The van der Waals surface area contributed by atoms with Crippen molar-refractivity contribution in [1.29, 1.82) is 0 Å². The Bertz CT molecular complexity index is 593. The van der Waals surface area contributed by atoms with Crippen molar-refractivity contribution < 1.29 is 0 Å². The van der Waals surface area contributed by atoms with Crippen LogP contribution in [0, 0.1) is 0 Å². The highest BCUT2D eigenvalue weighted by atomic mass is 32.2. The predicted molar refractivity (Wildman–Crippen MR) is 75.0 cm³/mol. The largest absolute Gasteiger partial charge is 0.340 e. The summed E-state index contributed by atoms with van der Waals surface area (Å²) in [5.74, 6) is 2.62. The summed E-state index contributed by atoms with van der Waals surface area (Å²) in [5.41, 5.74) is 1.18. The predicted octanol–water partition coefficient (Wildman–Crippen LogP) is 2.57. The van der Waals surface area contributed by atoms with Gasteiger partial charge in [0.1, 0.15) is 5.82 Å². The number of fused-ring (bicyclic) bond motifs is 1. The Labute approximate surface area is 113 Å². The van der Waals surface area contributed by atoms with Crippen LogP contribution in [0.3, 0.4) is 0 Å². The van der Waals surface area contributed by atoms with Crippen LogP contribution in [0.25, 0.3) is 0 Å². The van der Waals surface area contributed by atoms with E-state index in [4.69, 9.17) is 0 Å². The highest BCUT2D eigenvalue weighted by molar-refractivity contribution is 8.00. The topological polar surface area (TPSA) is 61.5 Å². The maximum Gasteiger partial charge on any atom is 0.340 e. The number of nitrogens with one attached hydrogen (secondary N) is 2. The summed E-state index contributed by atoms with van der Waals surface area (Å²) in [6, 6.07) is 8.56. The van der Waals surface area contributed by atoms with Crippen molar-refractivity contribution in [1.82, 2.24) is 15.2 Å². The van der Waals surface area contributed by atoms with Crippen LogP contribution < -0.4 is 5.69 Å². The van der Waals surface area contributed by atoms with Crippen LogP contribution in [-0.4, -0.2) is 20.9 Å². The number of aromatic nitrogens is 3. The van der Waals surface area contributed by atoms with E-state index in [0.29, 0.717) is 5.25 Å². The van der Waals surface area contributed by atoms with E-state index in [2.05, 4.69) is 39.4 Å². The molecule has 2 aromatic rings. The molecule has 0 aliphatic carbocycles. The number of hydrogen-bond acceptors (Lipinski definition) is 4.